The molecule has 4 heterocycles. The van der Waals surface area contributed by atoms with Gasteiger partial charge in [0.25, 0.3) is 5.56 Å². The van der Waals surface area contributed by atoms with Gasteiger partial charge >= 0.3 is 0 Å². The van der Waals surface area contributed by atoms with E-state index in [1.54, 1.807) is 6.07 Å². The Labute approximate surface area is 165 Å². The van der Waals surface area contributed by atoms with Crippen molar-refractivity contribution in [2.24, 2.45) is 5.92 Å². The molecule has 5 nitrogen and oxygen atoms in total. The molecule has 5 rings (SSSR count). The number of halogens is 1. The maximum absolute atomic E-state index is 13.0. The number of likely N-dealkylation sites (tertiary alicyclic amines) is 1. The van der Waals surface area contributed by atoms with Crippen LogP contribution in [0.15, 0.2) is 57.9 Å². The van der Waals surface area contributed by atoms with Gasteiger partial charge in [-0.05, 0) is 42.7 Å². The second-order valence-electron chi connectivity index (χ2n) is 7.64. The molecule has 3 aromatic rings. The van der Waals surface area contributed by atoms with Crippen LogP contribution in [0.25, 0.3) is 10.9 Å². The number of hydrogen-bond donors (Lipinski definition) is 0. The van der Waals surface area contributed by atoms with Crippen LogP contribution in [0.3, 0.4) is 0 Å². The van der Waals surface area contributed by atoms with Crippen LogP contribution in [0, 0.1) is 5.92 Å². The minimum absolute atomic E-state index is 0.0759. The summed E-state index contributed by atoms with van der Waals surface area (Å²) < 4.78 is 4.96. The van der Waals surface area contributed by atoms with Crippen LogP contribution >= 0.6 is 15.9 Å². The van der Waals surface area contributed by atoms with Crippen LogP contribution < -0.4 is 5.56 Å². The van der Waals surface area contributed by atoms with Crippen LogP contribution in [0.5, 0.6) is 0 Å². The summed E-state index contributed by atoms with van der Waals surface area (Å²) in [5.41, 5.74) is 2.22. The van der Waals surface area contributed by atoms with Gasteiger partial charge in [-0.25, -0.2) is 0 Å². The number of hydrogen-bond acceptors (Lipinski definition) is 2. The Bertz CT molecular complexity index is 1100. The molecule has 2 bridgehead atoms. The lowest BCUT2D eigenvalue weighted by molar-refractivity contribution is -0.134. The maximum atomic E-state index is 13.0. The molecule has 0 unspecified atom stereocenters. The zero-order valence-corrected chi connectivity index (χ0v) is 16.4. The Hall–Kier alpha value is -2.34. The molecular weight excluding hydrogens is 406 g/mol. The molecule has 0 N–H and O–H groups in total. The Morgan fingerprint density at radius 1 is 1.11 bits per heavy atom. The van der Waals surface area contributed by atoms with Gasteiger partial charge in [-0.3, -0.25) is 9.59 Å². The van der Waals surface area contributed by atoms with Gasteiger partial charge in [0, 0.05) is 58.9 Å². The molecule has 0 spiro atoms. The summed E-state index contributed by atoms with van der Waals surface area (Å²) in [5.74, 6) is 0.766. The number of carbonyl (C=O) groups excluding carboxylic acids is 1. The molecule has 0 radical (unpaired) electrons. The van der Waals surface area contributed by atoms with Gasteiger partial charge in [0.15, 0.2) is 0 Å². The van der Waals surface area contributed by atoms with Crippen molar-refractivity contribution in [3.05, 3.63) is 69.2 Å². The van der Waals surface area contributed by atoms with E-state index in [9.17, 15) is 9.59 Å². The van der Waals surface area contributed by atoms with Gasteiger partial charge in [0.05, 0.1) is 0 Å². The van der Waals surface area contributed by atoms with Crippen molar-refractivity contribution in [3.63, 3.8) is 0 Å². The molecule has 2 aliphatic rings. The largest absolute Gasteiger partial charge is 0.340 e. The second kappa shape index (κ2) is 6.37. The summed E-state index contributed by atoms with van der Waals surface area (Å²) in [6, 6.07) is 13.6. The smallest absolute Gasteiger partial charge is 0.250 e. The first-order chi connectivity index (χ1) is 13.1. The minimum atomic E-state index is 0.0759. The van der Waals surface area contributed by atoms with Gasteiger partial charge in [0.2, 0.25) is 5.91 Å². The van der Waals surface area contributed by atoms with E-state index in [1.807, 2.05) is 50.6 Å². The van der Waals surface area contributed by atoms with Crippen LogP contribution in [0.1, 0.15) is 18.0 Å². The zero-order valence-electron chi connectivity index (χ0n) is 14.8. The molecule has 2 aliphatic heterocycles. The summed E-state index contributed by atoms with van der Waals surface area (Å²) in [5, 5.41) is 1.13. The lowest BCUT2D eigenvalue weighted by Crippen LogP contribution is -2.49. The van der Waals surface area contributed by atoms with Crippen molar-refractivity contribution >= 4 is 32.7 Å². The van der Waals surface area contributed by atoms with E-state index in [4.69, 9.17) is 0 Å². The van der Waals surface area contributed by atoms with E-state index in [0.29, 0.717) is 19.0 Å². The molecule has 1 amide bonds. The number of amides is 1. The van der Waals surface area contributed by atoms with Crippen molar-refractivity contribution in [3.8, 4) is 0 Å². The molecule has 2 atom stereocenters. The molecule has 0 aliphatic carbocycles. The normalized spacial score (nSPS) is 21.3. The Kier molecular flexibility index (Phi) is 3.97. The first kappa shape index (κ1) is 16.8. The average Bonchev–Trinajstić information content (AvgIpc) is 3.04. The van der Waals surface area contributed by atoms with Crippen molar-refractivity contribution in [1.82, 2.24) is 14.0 Å². The standard InChI is InChI=1S/C21H20BrN3O2/c22-17-4-5-18-15(9-17)6-7-23(18)13-21(27)24-10-14-8-16(12-24)19-2-1-3-20(26)25(19)11-14/h1-7,9,14,16H,8,10-13H2/t14-,16+/m0/s1. The third-order valence-corrected chi connectivity index (χ3v) is 6.36. The molecule has 138 valence electrons. The van der Waals surface area contributed by atoms with E-state index in [1.165, 1.54) is 0 Å². The van der Waals surface area contributed by atoms with Crippen molar-refractivity contribution in [1.29, 1.82) is 0 Å². The van der Waals surface area contributed by atoms with Gasteiger partial charge in [0.1, 0.15) is 6.54 Å². The number of benzene rings is 1. The highest BCUT2D eigenvalue weighted by Crippen LogP contribution is 2.35. The minimum Gasteiger partial charge on any atom is -0.340 e. The van der Waals surface area contributed by atoms with Crippen LogP contribution in [0.2, 0.25) is 0 Å². The molecule has 2 aromatic heterocycles. The van der Waals surface area contributed by atoms with Crippen molar-refractivity contribution < 1.29 is 4.79 Å². The highest BCUT2D eigenvalue weighted by molar-refractivity contribution is 9.10. The molecule has 0 saturated carbocycles. The van der Waals surface area contributed by atoms with Crippen molar-refractivity contribution in [2.45, 2.75) is 25.4 Å². The SMILES string of the molecule is O=C(Cn1ccc2cc(Br)ccc21)N1C[C@@H]2C[C@H](C1)c1cccc(=O)n1C2. The molecular formula is C21H20BrN3O2. The monoisotopic (exact) mass is 425 g/mol. The molecule has 1 aromatic carbocycles. The topological polar surface area (TPSA) is 47.2 Å². The summed E-state index contributed by atoms with van der Waals surface area (Å²) >= 11 is 3.49. The predicted molar refractivity (Wildman–Crippen MR) is 108 cm³/mol. The average molecular weight is 426 g/mol. The van der Waals surface area contributed by atoms with E-state index in [-0.39, 0.29) is 17.4 Å². The number of piperidine rings is 1. The van der Waals surface area contributed by atoms with Gasteiger partial charge in [-0.2, -0.15) is 0 Å². The van der Waals surface area contributed by atoms with Gasteiger partial charge in [-0.1, -0.05) is 22.0 Å². The van der Waals surface area contributed by atoms with E-state index < -0.39 is 0 Å². The maximum Gasteiger partial charge on any atom is 0.250 e. The summed E-state index contributed by atoms with van der Waals surface area (Å²) in [7, 11) is 0. The molecule has 1 saturated heterocycles. The lowest BCUT2D eigenvalue weighted by atomic mass is 9.83. The predicted octanol–water partition coefficient (Wildman–Crippen LogP) is 3.21. The first-order valence-electron chi connectivity index (χ1n) is 9.30. The second-order valence-corrected chi connectivity index (χ2v) is 8.56. The van der Waals surface area contributed by atoms with E-state index >= 15 is 0 Å². The Morgan fingerprint density at radius 3 is 2.89 bits per heavy atom. The summed E-state index contributed by atoms with van der Waals surface area (Å²) in [4.78, 5) is 27.2. The first-order valence-corrected chi connectivity index (χ1v) is 10.1. The Balaban J connectivity index is 1.38. The number of pyridine rings is 1. The molecule has 6 heteroatoms. The van der Waals surface area contributed by atoms with E-state index in [2.05, 4.69) is 22.0 Å². The number of rotatable bonds is 2. The van der Waals surface area contributed by atoms with Crippen LogP contribution in [-0.4, -0.2) is 33.0 Å². The summed E-state index contributed by atoms with van der Waals surface area (Å²) in [6.07, 6.45) is 3.04. The highest BCUT2D eigenvalue weighted by Gasteiger charge is 2.36. The third kappa shape index (κ3) is 2.92. The van der Waals surface area contributed by atoms with Crippen molar-refractivity contribution in [2.75, 3.05) is 13.1 Å². The Morgan fingerprint density at radius 2 is 2.00 bits per heavy atom. The fraction of sp³-hybridized carbons (Fsp3) is 0.333. The molecule has 1 fully saturated rings. The molecule has 27 heavy (non-hydrogen) atoms. The number of fused-ring (bicyclic) bond motifs is 5. The lowest BCUT2D eigenvalue weighted by Gasteiger charge is -2.42. The van der Waals surface area contributed by atoms with Crippen LogP contribution in [0.4, 0.5) is 0 Å². The highest BCUT2D eigenvalue weighted by atomic mass is 79.9. The number of carbonyl (C=O) groups is 1. The fourth-order valence-corrected chi connectivity index (χ4v) is 5.03. The summed E-state index contributed by atoms with van der Waals surface area (Å²) in [6.45, 7) is 2.51. The third-order valence-electron chi connectivity index (χ3n) is 5.87. The van der Waals surface area contributed by atoms with E-state index in [0.717, 1.165) is 40.6 Å². The zero-order chi connectivity index (χ0) is 18.5. The number of nitrogens with zero attached hydrogens (tertiary/aromatic N) is 3. The van der Waals surface area contributed by atoms with Gasteiger partial charge < -0.3 is 14.0 Å². The van der Waals surface area contributed by atoms with Gasteiger partial charge in [-0.15, -0.1) is 0 Å². The number of aromatic nitrogens is 2. The fourth-order valence-electron chi connectivity index (χ4n) is 4.65. The van der Waals surface area contributed by atoms with Crippen LogP contribution in [-0.2, 0) is 17.9 Å². The quantitative estimate of drug-likeness (QED) is 0.632.